The molecule has 0 radical (unpaired) electrons. The van der Waals surface area contributed by atoms with E-state index in [0.29, 0.717) is 24.4 Å². The van der Waals surface area contributed by atoms with Crippen LogP contribution in [-0.4, -0.2) is 11.1 Å². The van der Waals surface area contributed by atoms with Crippen LogP contribution in [0.15, 0.2) is 10.6 Å². The van der Waals surface area contributed by atoms with Gasteiger partial charge < -0.3 is 9.84 Å². The molecule has 0 saturated heterocycles. The Bertz CT molecular complexity index is 438. The van der Waals surface area contributed by atoms with Crippen molar-refractivity contribution in [2.45, 2.75) is 32.6 Å². The van der Waals surface area contributed by atoms with Gasteiger partial charge in [-0.25, -0.2) is 0 Å². The van der Waals surface area contributed by atoms with E-state index in [4.69, 9.17) is 9.78 Å². The lowest BCUT2D eigenvalue weighted by atomic mass is 9.87. The number of nitriles is 1. The predicted octanol–water partition coefficient (Wildman–Crippen LogP) is 2.01. The average Bonchev–Trinajstić information content (AvgIpc) is 2.88. The summed E-state index contributed by atoms with van der Waals surface area (Å²) in [4.78, 5) is 12.0. The maximum Gasteiger partial charge on any atom is 0.246 e. The van der Waals surface area contributed by atoms with Gasteiger partial charge in [-0.1, -0.05) is 18.0 Å². The second-order valence-electron chi connectivity index (χ2n) is 4.18. The molecule has 16 heavy (non-hydrogen) atoms. The number of amides is 1. The van der Waals surface area contributed by atoms with Crippen molar-refractivity contribution in [1.82, 2.24) is 5.16 Å². The van der Waals surface area contributed by atoms with E-state index < -0.39 is 5.41 Å². The molecule has 0 unspecified atom stereocenters. The number of anilines is 1. The molecule has 1 aliphatic carbocycles. The third-order valence-corrected chi connectivity index (χ3v) is 2.98. The third-order valence-electron chi connectivity index (χ3n) is 2.98. The van der Waals surface area contributed by atoms with E-state index in [1.807, 2.05) is 0 Å². The Kier molecular flexibility index (Phi) is 2.65. The van der Waals surface area contributed by atoms with Gasteiger partial charge in [0.05, 0.1) is 6.07 Å². The summed E-state index contributed by atoms with van der Waals surface area (Å²) in [5, 5.41) is 15.4. The standard InChI is InChI=1S/C11H13N3O2/c1-8-6-9(14-16-8)13-10(15)11(7-12)4-2-3-5-11/h6H,2-5H2,1H3,(H,13,14,15). The number of nitrogens with one attached hydrogen (secondary N) is 1. The van der Waals surface area contributed by atoms with Gasteiger partial charge in [-0.15, -0.1) is 0 Å². The van der Waals surface area contributed by atoms with Crippen LogP contribution in [0.3, 0.4) is 0 Å². The molecule has 0 aliphatic heterocycles. The average molecular weight is 219 g/mol. The Morgan fingerprint density at radius 1 is 1.62 bits per heavy atom. The summed E-state index contributed by atoms with van der Waals surface area (Å²) in [5.74, 6) is 0.748. The molecule has 0 bridgehead atoms. The lowest BCUT2D eigenvalue weighted by molar-refractivity contribution is -0.122. The van der Waals surface area contributed by atoms with Crippen molar-refractivity contribution in [2.24, 2.45) is 5.41 Å². The first-order valence-corrected chi connectivity index (χ1v) is 5.32. The molecular weight excluding hydrogens is 206 g/mol. The molecule has 1 aliphatic rings. The van der Waals surface area contributed by atoms with Gasteiger partial charge in [0.25, 0.3) is 0 Å². The minimum atomic E-state index is -0.868. The number of hydrogen-bond acceptors (Lipinski definition) is 4. The molecule has 2 rings (SSSR count). The number of carbonyl (C=O) groups excluding carboxylic acids is 1. The van der Waals surface area contributed by atoms with E-state index in [1.54, 1.807) is 13.0 Å². The molecule has 1 N–H and O–H groups in total. The summed E-state index contributed by atoms with van der Waals surface area (Å²) in [6, 6.07) is 3.77. The Morgan fingerprint density at radius 3 is 2.81 bits per heavy atom. The van der Waals surface area contributed by atoms with Crippen LogP contribution in [0.2, 0.25) is 0 Å². The maximum absolute atomic E-state index is 12.0. The molecular formula is C11H13N3O2. The van der Waals surface area contributed by atoms with E-state index in [0.717, 1.165) is 12.8 Å². The molecule has 1 saturated carbocycles. The normalized spacial score (nSPS) is 18.0. The zero-order chi connectivity index (χ0) is 11.6. The van der Waals surface area contributed by atoms with Crippen molar-refractivity contribution in [3.05, 3.63) is 11.8 Å². The van der Waals surface area contributed by atoms with Crippen LogP contribution < -0.4 is 5.32 Å². The summed E-state index contributed by atoms with van der Waals surface area (Å²) in [6.45, 7) is 1.75. The van der Waals surface area contributed by atoms with Gasteiger partial charge in [0, 0.05) is 6.07 Å². The maximum atomic E-state index is 12.0. The largest absolute Gasteiger partial charge is 0.360 e. The van der Waals surface area contributed by atoms with Gasteiger partial charge in [-0.3, -0.25) is 4.79 Å². The van der Waals surface area contributed by atoms with Crippen LogP contribution in [0.25, 0.3) is 0 Å². The SMILES string of the molecule is Cc1cc(NC(=O)C2(C#N)CCCC2)no1. The Morgan fingerprint density at radius 2 is 2.31 bits per heavy atom. The fourth-order valence-electron chi connectivity index (χ4n) is 2.03. The summed E-state index contributed by atoms with van der Waals surface area (Å²) in [5.41, 5.74) is -0.868. The van der Waals surface area contributed by atoms with Crippen molar-refractivity contribution in [2.75, 3.05) is 5.32 Å². The summed E-state index contributed by atoms with van der Waals surface area (Å²) in [7, 11) is 0. The second-order valence-corrected chi connectivity index (χ2v) is 4.18. The van der Waals surface area contributed by atoms with Gasteiger partial charge >= 0.3 is 0 Å². The lowest BCUT2D eigenvalue weighted by Gasteiger charge is -2.17. The zero-order valence-electron chi connectivity index (χ0n) is 9.12. The fourth-order valence-corrected chi connectivity index (χ4v) is 2.03. The van der Waals surface area contributed by atoms with Crippen LogP contribution >= 0.6 is 0 Å². The summed E-state index contributed by atoms with van der Waals surface area (Å²) in [6.07, 6.45) is 3.12. The van der Waals surface area contributed by atoms with Crippen molar-refractivity contribution >= 4 is 11.7 Å². The zero-order valence-corrected chi connectivity index (χ0v) is 9.12. The van der Waals surface area contributed by atoms with Crippen LogP contribution in [-0.2, 0) is 4.79 Å². The van der Waals surface area contributed by atoms with E-state index >= 15 is 0 Å². The number of hydrogen-bond donors (Lipinski definition) is 1. The van der Waals surface area contributed by atoms with E-state index in [1.165, 1.54) is 0 Å². The van der Waals surface area contributed by atoms with Gasteiger partial charge in [0.2, 0.25) is 5.91 Å². The first-order chi connectivity index (χ1) is 7.66. The van der Waals surface area contributed by atoms with Gasteiger partial charge in [-0.05, 0) is 19.8 Å². The fraction of sp³-hybridized carbons (Fsp3) is 0.545. The molecule has 1 fully saturated rings. The van der Waals surface area contributed by atoms with Crippen LogP contribution in [0, 0.1) is 23.7 Å². The minimum absolute atomic E-state index is 0.263. The quantitative estimate of drug-likeness (QED) is 0.825. The number of carbonyl (C=O) groups is 1. The molecule has 0 atom stereocenters. The molecule has 5 nitrogen and oxygen atoms in total. The van der Waals surface area contributed by atoms with Gasteiger partial charge in [0.1, 0.15) is 11.2 Å². The van der Waals surface area contributed by atoms with Gasteiger partial charge in [0.15, 0.2) is 5.82 Å². The summed E-state index contributed by atoms with van der Waals surface area (Å²) >= 11 is 0. The van der Waals surface area contributed by atoms with Crippen molar-refractivity contribution in [3.63, 3.8) is 0 Å². The highest BCUT2D eigenvalue weighted by Gasteiger charge is 2.41. The monoisotopic (exact) mass is 219 g/mol. The Balaban J connectivity index is 2.11. The highest BCUT2D eigenvalue weighted by Crippen LogP contribution is 2.38. The second kappa shape index (κ2) is 3.97. The van der Waals surface area contributed by atoms with Crippen molar-refractivity contribution < 1.29 is 9.32 Å². The molecule has 1 aromatic heterocycles. The molecule has 0 spiro atoms. The topological polar surface area (TPSA) is 78.9 Å². The molecule has 84 valence electrons. The van der Waals surface area contributed by atoms with Crippen LogP contribution in [0.1, 0.15) is 31.4 Å². The predicted molar refractivity (Wildman–Crippen MR) is 56.4 cm³/mol. The minimum Gasteiger partial charge on any atom is -0.360 e. The number of aromatic nitrogens is 1. The third kappa shape index (κ3) is 1.78. The van der Waals surface area contributed by atoms with E-state index in [-0.39, 0.29) is 5.91 Å². The van der Waals surface area contributed by atoms with Gasteiger partial charge in [-0.2, -0.15) is 5.26 Å². The first-order valence-electron chi connectivity index (χ1n) is 5.32. The van der Waals surface area contributed by atoms with Crippen molar-refractivity contribution in [1.29, 1.82) is 5.26 Å². The molecule has 0 aromatic carbocycles. The van der Waals surface area contributed by atoms with Crippen LogP contribution in [0.5, 0.6) is 0 Å². The molecule has 1 aromatic rings. The number of aryl methyl sites for hydroxylation is 1. The highest BCUT2D eigenvalue weighted by atomic mass is 16.5. The Labute approximate surface area is 93.4 Å². The highest BCUT2D eigenvalue weighted by molar-refractivity contribution is 5.96. The number of nitrogens with zero attached hydrogens (tertiary/aromatic N) is 2. The van der Waals surface area contributed by atoms with Crippen molar-refractivity contribution in [3.8, 4) is 6.07 Å². The molecule has 5 heteroatoms. The molecule has 1 amide bonds. The van der Waals surface area contributed by atoms with E-state index in [2.05, 4.69) is 16.5 Å². The van der Waals surface area contributed by atoms with E-state index in [9.17, 15) is 4.79 Å². The number of rotatable bonds is 2. The summed E-state index contributed by atoms with van der Waals surface area (Å²) < 4.78 is 4.85. The Hall–Kier alpha value is -1.83. The molecule has 1 heterocycles. The van der Waals surface area contributed by atoms with Crippen LogP contribution in [0.4, 0.5) is 5.82 Å². The lowest BCUT2D eigenvalue weighted by Crippen LogP contribution is -2.32. The first kappa shape index (κ1) is 10.7. The smallest absolute Gasteiger partial charge is 0.246 e.